The maximum absolute atomic E-state index is 11.6. The molecule has 0 spiro atoms. The molecule has 0 atom stereocenters. The van der Waals surface area contributed by atoms with Crippen molar-refractivity contribution in [2.24, 2.45) is 0 Å². The number of nitrogens with one attached hydrogen (secondary N) is 2. The van der Waals surface area contributed by atoms with Crippen molar-refractivity contribution in [3.05, 3.63) is 54.2 Å². The van der Waals surface area contributed by atoms with Gasteiger partial charge >= 0.3 is 5.97 Å². The van der Waals surface area contributed by atoms with Gasteiger partial charge in [0.15, 0.2) is 0 Å². The largest absolute Gasteiger partial charge is 0.465 e. The van der Waals surface area contributed by atoms with Crippen LogP contribution in [0.5, 0.6) is 0 Å². The molecule has 4 heteroatoms. The summed E-state index contributed by atoms with van der Waals surface area (Å²) in [5, 5.41) is 4.35. The highest BCUT2D eigenvalue weighted by molar-refractivity contribution is 5.99. The van der Waals surface area contributed by atoms with Gasteiger partial charge in [0.05, 0.1) is 6.61 Å². The summed E-state index contributed by atoms with van der Waals surface area (Å²) in [5.41, 5.74) is 5.39. The molecule has 0 fully saturated rings. The molecule has 4 nitrogen and oxygen atoms in total. The Balaban J connectivity index is 1.98. The van der Waals surface area contributed by atoms with Crippen LogP contribution in [0.15, 0.2) is 48.7 Å². The minimum Gasteiger partial charge on any atom is -0.465 e. The number of aromatic nitrogens is 1. The van der Waals surface area contributed by atoms with Crippen LogP contribution in [0.25, 0.3) is 22.0 Å². The third-order valence-corrected chi connectivity index (χ3v) is 3.78. The van der Waals surface area contributed by atoms with Gasteiger partial charge in [-0.05, 0) is 32.0 Å². The Labute approximate surface area is 135 Å². The second-order valence-corrected chi connectivity index (χ2v) is 5.46. The third-order valence-electron chi connectivity index (χ3n) is 3.78. The van der Waals surface area contributed by atoms with Gasteiger partial charge in [0.25, 0.3) is 0 Å². The van der Waals surface area contributed by atoms with Crippen molar-refractivity contribution in [2.45, 2.75) is 13.8 Å². The lowest BCUT2D eigenvalue weighted by Crippen LogP contribution is -2.17. The number of rotatable bonds is 5. The monoisotopic (exact) mass is 308 g/mol. The van der Waals surface area contributed by atoms with Gasteiger partial charge in [0.2, 0.25) is 0 Å². The molecule has 1 heterocycles. The van der Waals surface area contributed by atoms with Gasteiger partial charge < -0.3 is 15.0 Å². The molecule has 0 saturated heterocycles. The fraction of sp³-hybridized carbons (Fsp3) is 0.211. The molecule has 2 aromatic carbocycles. The number of esters is 1. The lowest BCUT2D eigenvalue weighted by Gasteiger charge is -2.12. The van der Waals surface area contributed by atoms with E-state index < -0.39 is 0 Å². The molecule has 1 aromatic heterocycles. The van der Waals surface area contributed by atoms with Gasteiger partial charge in [0, 0.05) is 33.9 Å². The number of ether oxygens (including phenoxy) is 1. The number of hydrogen-bond donors (Lipinski definition) is 2. The molecule has 0 aliphatic heterocycles. The summed E-state index contributed by atoms with van der Waals surface area (Å²) in [6.07, 6.45) is 2.01. The summed E-state index contributed by atoms with van der Waals surface area (Å²) < 4.78 is 4.98. The predicted octanol–water partition coefficient (Wildman–Crippen LogP) is 4.12. The first-order valence-electron chi connectivity index (χ1n) is 7.75. The van der Waals surface area contributed by atoms with Crippen LogP contribution in [0.1, 0.15) is 12.5 Å². The van der Waals surface area contributed by atoms with Gasteiger partial charge in [-0.2, -0.15) is 0 Å². The Morgan fingerprint density at radius 1 is 1.17 bits per heavy atom. The van der Waals surface area contributed by atoms with E-state index in [0.29, 0.717) is 6.61 Å². The Kier molecular flexibility index (Phi) is 4.33. The number of fused-ring (bicyclic) bond motifs is 1. The molecule has 3 aromatic rings. The molecule has 0 amide bonds. The van der Waals surface area contributed by atoms with Crippen LogP contribution in [0.2, 0.25) is 0 Å². The van der Waals surface area contributed by atoms with Gasteiger partial charge in [-0.1, -0.05) is 29.8 Å². The standard InChI is InChI=1S/C19H20N2O2/c1-3-23-19(22)12-21-18-9-8-13(2)10-15(18)16-11-20-17-7-5-4-6-14(16)17/h4-11,20-21H,3,12H2,1-2H3. The highest BCUT2D eigenvalue weighted by Gasteiger charge is 2.11. The fourth-order valence-electron chi connectivity index (χ4n) is 2.71. The molecule has 0 saturated carbocycles. The topological polar surface area (TPSA) is 54.1 Å². The van der Waals surface area contributed by atoms with Crippen LogP contribution < -0.4 is 5.32 Å². The smallest absolute Gasteiger partial charge is 0.325 e. The number of H-pyrrole nitrogens is 1. The first kappa shape index (κ1) is 15.2. The van der Waals surface area contributed by atoms with E-state index in [1.165, 1.54) is 5.56 Å². The minimum absolute atomic E-state index is 0.159. The third kappa shape index (κ3) is 3.21. The van der Waals surface area contributed by atoms with E-state index >= 15 is 0 Å². The molecular formula is C19H20N2O2. The molecule has 3 rings (SSSR count). The number of benzene rings is 2. The highest BCUT2D eigenvalue weighted by Crippen LogP contribution is 2.34. The second kappa shape index (κ2) is 6.57. The van der Waals surface area contributed by atoms with Crippen molar-refractivity contribution in [2.75, 3.05) is 18.5 Å². The van der Waals surface area contributed by atoms with Gasteiger partial charge in [-0.25, -0.2) is 0 Å². The number of para-hydroxylation sites is 1. The van der Waals surface area contributed by atoms with E-state index in [9.17, 15) is 4.79 Å². The minimum atomic E-state index is -0.252. The van der Waals surface area contributed by atoms with E-state index in [1.54, 1.807) is 6.92 Å². The predicted molar refractivity (Wildman–Crippen MR) is 93.6 cm³/mol. The van der Waals surface area contributed by atoms with Gasteiger partial charge in [0.1, 0.15) is 6.54 Å². The molecule has 0 unspecified atom stereocenters. The van der Waals surface area contributed by atoms with E-state index in [2.05, 4.69) is 35.4 Å². The Bertz CT molecular complexity index is 836. The van der Waals surface area contributed by atoms with Gasteiger partial charge in [-0.3, -0.25) is 4.79 Å². The zero-order valence-electron chi connectivity index (χ0n) is 13.3. The molecular weight excluding hydrogens is 288 g/mol. The fourth-order valence-corrected chi connectivity index (χ4v) is 2.71. The van der Waals surface area contributed by atoms with E-state index in [1.807, 2.05) is 30.5 Å². The average Bonchev–Trinajstić information content (AvgIpc) is 2.98. The second-order valence-electron chi connectivity index (χ2n) is 5.46. The molecule has 0 radical (unpaired) electrons. The molecule has 0 aliphatic rings. The maximum atomic E-state index is 11.6. The summed E-state index contributed by atoms with van der Waals surface area (Å²) in [5.74, 6) is -0.252. The van der Waals surface area contributed by atoms with Crippen LogP contribution >= 0.6 is 0 Å². The lowest BCUT2D eigenvalue weighted by atomic mass is 10.0. The maximum Gasteiger partial charge on any atom is 0.325 e. The van der Waals surface area contributed by atoms with Crippen molar-refractivity contribution in [3.8, 4) is 11.1 Å². The molecule has 0 aliphatic carbocycles. The number of aryl methyl sites for hydroxylation is 1. The van der Waals surface area contributed by atoms with Crippen LogP contribution in [0, 0.1) is 6.92 Å². The molecule has 0 bridgehead atoms. The van der Waals surface area contributed by atoms with Crippen LogP contribution in [-0.4, -0.2) is 24.1 Å². The first-order chi connectivity index (χ1) is 11.2. The van der Waals surface area contributed by atoms with Gasteiger partial charge in [-0.15, -0.1) is 0 Å². The van der Waals surface area contributed by atoms with Crippen LogP contribution in [0.3, 0.4) is 0 Å². The summed E-state index contributed by atoms with van der Waals surface area (Å²) in [7, 11) is 0. The number of anilines is 1. The Hall–Kier alpha value is -2.75. The number of aromatic amines is 1. The lowest BCUT2D eigenvalue weighted by molar-refractivity contribution is -0.140. The van der Waals surface area contributed by atoms with Crippen LogP contribution in [-0.2, 0) is 9.53 Å². The normalized spacial score (nSPS) is 10.7. The Morgan fingerprint density at radius 2 is 2.00 bits per heavy atom. The Morgan fingerprint density at radius 3 is 2.83 bits per heavy atom. The van der Waals surface area contributed by atoms with Crippen molar-refractivity contribution in [1.82, 2.24) is 4.98 Å². The summed E-state index contributed by atoms with van der Waals surface area (Å²) in [6, 6.07) is 14.4. The van der Waals surface area contributed by atoms with E-state index in [0.717, 1.165) is 27.7 Å². The molecule has 118 valence electrons. The highest BCUT2D eigenvalue weighted by atomic mass is 16.5. The average molecular weight is 308 g/mol. The molecule has 2 N–H and O–H groups in total. The summed E-state index contributed by atoms with van der Waals surface area (Å²) >= 11 is 0. The molecule has 23 heavy (non-hydrogen) atoms. The number of hydrogen-bond acceptors (Lipinski definition) is 3. The number of carbonyl (C=O) groups excluding carboxylic acids is 1. The SMILES string of the molecule is CCOC(=O)CNc1ccc(C)cc1-c1c[nH]c2ccccc12. The van der Waals surface area contributed by atoms with Crippen molar-refractivity contribution in [3.63, 3.8) is 0 Å². The van der Waals surface area contributed by atoms with Crippen molar-refractivity contribution >= 4 is 22.6 Å². The summed E-state index contributed by atoms with van der Waals surface area (Å²) in [6.45, 7) is 4.42. The summed E-state index contributed by atoms with van der Waals surface area (Å²) in [4.78, 5) is 14.9. The van der Waals surface area contributed by atoms with Crippen LogP contribution in [0.4, 0.5) is 5.69 Å². The van der Waals surface area contributed by atoms with E-state index in [-0.39, 0.29) is 12.5 Å². The number of carbonyl (C=O) groups is 1. The zero-order chi connectivity index (χ0) is 16.2. The van der Waals surface area contributed by atoms with Crippen molar-refractivity contribution in [1.29, 1.82) is 0 Å². The first-order valence-corrected chi connectivity index (χ1v) is 7.75. The zero-order valence-corrected chi connectivity index (χ0v) is 13.3. The van der Waals surface area contributed by atoms with E-state index in [4.69, 9.17) is 4.74 Å². The van der Waals surface area contributed by atoms with Crippen molar-refractivity contribution < 1.29 is 9.53 Å². The quantitative estimate of drug-likeness (QED) is 0.697.